The van der Waals surface area contributed by atoms with E-state index in [9.17, 15) is 9.18 Å². The Hall–Kier alpha value is -1.63. The molecule has 0 spiro atoms. The molecule has 3 nitrogen and oxygen atoms in total. The fraction of sp³-hybridized carbons (Fsp3) is 0. The number of ether oxygens (including phenoxy) is 1. The van der Waals surface area contributed by atoms with E-state index in [1.165, 1.54) is 12.1 Å². The lowest BCUT2D eigenvalue weighted by molar-refractivity contribution is 0.0689. The summed E-state index contributed by atoms with van der Waals surface area (Å²) in [5.74, 6) is -1.72. The second-order valence-corrected chi connectivity index (χ2v) is 4.72. The number of carbonyl (C=O) groups is 1. The molecule has 0 aliphatic rings. The molecule has 0 radical (unpaired) electrons. The number of benzene rings is 2. The van der Waals surface area contributed by atoms with E-state index in [1.807, 2.05) is 12.1 Å². The standard InChI is InChI=1S/C13H8FIO3/c14-10-2-1-3-11(12(10)13(16)17)18-9-6-4-8(15)5-7-9/h1-7H,(H,16,17). The van der Waals surface area contributed by atoms with Crippen molar-refractivity contribution in [1.29, 1.82) is 0 Å². The van der Waals surface area contributed by atoms with Crippen LogP contribution in [0.1, 0.15) is 10.4 Å². The molecule has 0 aliphatic carbocycles. The first kappa shape index (κ1) is 12.8. The minimum Gasteiger partial charge on any atom is -0.477 e. The van der Waals surface area contributed by atoms with Crippen molar-refractivity contribution < 1.29 is 19.0 Å². The van der Waals surface area contributed by atoms with Crippen LogP contribution in [0, 0.1) is 9.39 Å². The zero-order valence-electron chi connectivity index (χ0n) is 9.06. The Balaban J connectivity index is 2.37. The van der Waals surface area contributed by atoms with Crippen LogP contribution in [0.5, 0.6) is 11.5 Å². The Bertz CT molecular complexity index is 581. The normalized spacial score (nSPS) is 10.1. The van der Waals surface area contributed by atoms with Gasteiger partial charge in [-0.3, -0.25) is 0 Å². The highest BCUT2D eigenvalue weighted by Crippen LogP contribution is 2.27. The summed E-state index contributed by atoms with van der Waals surface area (Å²) in [5.41, 5.74) is -0.462. The average molecular weight is 358 g/mol. The topological polar surface area (TPSA) is 46.5 Å². The van der Waals surface area contributed by atoms with Crippen LogP contribution in [0.25, 0.3) is 0 Å². The van der Waals surface area contributed by atoms with Crippen molar-refractivity contribution in [3.8, 4) is 11.5 Å². The lowest BCUT2D eigenvalue weighted by Gasteiger charge is -2.09. The number of hydrogen-bond acceptors (Lipinski definition) is 2. The van der Waals surface area contributed by atoms with Crippen LogP contribution in [0.2, 0.25) is 0 Å². The van der Waals surface area contributed by atoms with Gasteiger partial charge in [-0.15, -0.1) is 0 Å². The third kappa shape index (κ3) is 2.79. The second kappa shape index (κ2) is 5.34. The quantitative estimate of drug-likeness (QED) is 0.846. The number of halogens is 2. The molecule has 0 saturated carbocycles. The maximum Gasteiger partial charge on any atom is 0.342 e. The molecule has 1 N–H and O–H groups in total. The molecule has 2 aromatic carbocycles. The Kier molecular flexibility index (Phi) is 3.81. The number of carboxylic acid groups (broad SMARTS) is 1. The summed E-state index contributed by atoms with van der Waals surface area (Å²) in [7, 11) is 0. The summed E-state index contributed by atoms with van der Waals surface area (Å²) in [6.07, 6.45) is 0. The molecule has 0 fully saturated rings. The van der Waals surface area contributed by atoms with Crippen molar-refractivity contribution in [3.05, 3.63) is 57.4 Å². The molecule has 0 unspecified atom stereocenters. The van der Waals surface area contributed by atoms with Crippen LogP contribution in [0.4, 0.5) is 4.39 Å². The van der Waals surface area contributed by atoms with Gasteiger partial charge in [0, 0.05) is 3.57 Å². The maximum absolute atomic E-state index is 13.4. The molecule has 0 heterocycles. The van der Waals surface area contributed by atoms with Gasteiger partial charge in [0.25, 0.3) is 0 Å². The van der Waals surface area contributed by atoms with Crippen LogP contribution >= 0.6 is 22.6 Å². The molecule has 0 saturated heterocycles. The third-order valence-electron chi connectivity index (χ3n) is 2.23. The van der Waals surface area contributed by atoms with E-state index in [0.717, 1.165) is 9.64 Å². The summed E-state index contributed by atoms with van der Waals surface area (Å²) in [6.45, 7) is 0. The largest absolute Gasteiger partial charge is 0.477 e. The summed E-state index contributed by atoms with van der Waals surface area (Å²) >= 11 is 2.14. The molecule has 92 valence electrons. The average Bonchev–Trinajstić information content (AvgIpc) is 2.32. The lowest BCUT2D eigenvalue weighted by Crippen LogP contribution is -2.03. The number of rotatable bonds is 3. The molecule has 0 aromatic heterocycles. The minimum absolute atomic E-state index is 0.0105. The molecule has 0 aliphatic heterocycles. The van der Waals surface area contributed by atoms with Crippen molar-refractivity contribution in [3.63, 3.8) is 0 Å². The minimum atomic E-state index is -1.35. The van der Waals surface area contributed by atoms with E-state index in [1.54, 1.807) is 12.1 Å². The molecule has 0 amide bonds. The maximum atomic E-state index is 13.4. The predicted octanol–water partition coefficient (Wildman–Crippen LogP) is 3.92. The van der Waals surface area contributed by atoms with Crippen molar-refractivity contribution in [2.45, 2.75) is 0 Å². The summed E-state index contributed by atoms with van der Waals surface area (Å²) < 4.78 is 19.8. The van der Waals surface area contributed by atoms with E-state index in [-0.39, 0.29) is 5.75 Å². The van der Waals surface area contributed by atoms with Gasteiger partial charge in [0.05, 0.1) is 0 Å². The van der Waals surface area contributed by atoms with Gasteiger partial charge in [0.1, 0.15) is 22.9 Å². The van der Waals surface area contributed by atoms with Gasteiger partial charge in [-0.25, -0.2) is 9.18 Å². The van der Waals surface area contributed by atoms with Crippen LogP contribution in [0.15, 0.2) is 42.5 Å². The molecule has 2 rings (SSSR count). The highest BCUT2D eigenvalue weighted by Gasteiger charge is 2.17. The summed E-state index contributed by atoms with van der Waals surface area (Å²) in [5, 5.41) is 8.95. The highest BCUT2D eigenvalue weighted by atomic mass is 127. The molecule has 0 bridgehead atoms. The van der Waals surface area contributed by atoms with Gasteiger partial charge in [-0.2, -0.15) is 0 Å². The van der Waals surface area contributed by atoms with Crippen LogP contribution in [-0.4, -0.2) is 11.1 Å². The summed E-state index contributed by atoms with van der Waals surface area (Å²) in [6, 6.07) is 10.9. The summed E-state index contributed by atoms with van der Waals surface area (Å²) in [4.78, 5) is 11.0. The number of aromatic carboxylic acids is 1. The van der Waals surface area contributed by atoms with Gasteiger partial charge >= 0.3 is 5.97 Å². The van der Waals surface area contributed by atoms with Gasteiger partial charge in [-0.1, -0.05) is 6.07 Å². The molecule has 2 aromatic rings. The van der Waals surface area contributed by atoms with Gasteiger partial charge in [0.2, 0.25) is 0 Å². The molecular weight excluding hydrogens is 350 g/mol. The zero-order valence-corrected chi connectivity index (χ0v) is 11.2. The molecular formula is C13H8FIO3. The van der Waals surface area contributed by atoms with Crippen LogP contribution in [-0.2, 0) is 0 Å². The Morgan fingerprint density at radius 2 is 1.83 bits per heavy atom. The first-order chi connectivity index (χ1) is 8.58. The monoisotopic (exact) mass is 358 g/mol. The first-order valence-electron chi connectivity index (χ1n) is 5.03. The van der Waals surface area contributed by atoms with Gasteiger partial charge in [-0.05, 0) is 59.0 Å². The second-order valence-electron chi connectivity index (χ2n) is 3.47. The number of hydrogen-bond donors (Lipinski definition) is 1. The molecule has 0 atom stereocenters. The van der Waals surface area contributed by atoms with Crippen LogP contribution < -0.4 is 4.74 Å². The lowest BCUT2D eigenvalue weighted by atomic mass is 10.2. The van der Waals surface area contributed by atoms with E-state index >= 15 is 0 Å². The van der Waals surface area contributed by atoms with E-state index in [0.29, 0.717) is 5.75 Å². The predicted molar refractivity (Wildman–Crippen MR) is 72.6 cm³/mol. The van der Waals surface area contributed by atoms with Crippen molar-refractivity contribution >= 4 is 28.6 Å². The zero-order chi connectivity index (χ0) is 13.1. The van der Waals surface area contributed by atoms with Crippen molar-refractivity contribution in [1.82, 2.24) is 0 Å². The van der Waals surface area contributed by atoms with Crippen LogP contribution in [0.3, 0.4) is 0 Å². The van der Waals surface area contributed by atoms with E-state index in [4.69, 9.17) is 9.84 Å². The third-order valence-corrected chi connectivity index (χ3v) is 2.95. The van der Waals surface area contributed by atoms with Gasteiger partial charge < -0.3 is 9.84 Å². The fourth-order valence-electron chi connectivity index (χ4n) is 1.43. The van der Waals surface area contributed by atoms with E-state index < -0.39 is 17.3 Å². The number of carboxylic acids is 1. The molecule has 5 heteroatoms. The van der Waals surface area contributed by atoms with Gasteiger partial charge in [0.15, 0.2) is 0 Å². The molecule has 18 heavy (non-hydrogen) atoms. The highest BCUT2D eigenvalue weighted by molar-refractivity contribution is 14.1. The van der Waals surface area contributed by atoms with Crippen molar-refractivity contribution in [2.75, 3.05) is 0 Å². The Labute approximate surface area is 116 Å². The SMILES string of the molecule is O=C(O)c1c(F)cccc1Oc1ccc(I)cc1. The smallest absolute Gasteiger partial charge is 0.342 e. The van der Waals surface area contributed by atoms with Crippen molar-refractivity contribution in [2.24, 2.45) is 0 Å². The van der Waals surface area contributed by atoms with E-state index in [2.05, 4.69) is 22.6 Å². The Morgan fingerprint density at radius 1 is 1.17 bits per heavy atom. The fourth-order valence-corrected chi connectivity index (χ4v) is 1.79. The Morgan fingerprint density at radius 3 is 2.44 bits per heavy atom. The first-order valence-corrected chi connectivity index (χ1v) is 6.11.